The summed E-state index contributed by atoms with van der Waals surface area (Å²) in [6.45, 7) is 0. The predicted octanol–water partition coefficient (Wildman–Crippen LogP) is -0.373. The van der Waals surface area contributed by atoms with Crippen LogP contribution in [-0.2, 0) is 0 Å². The molecule has 29 valence electrons. The van der Waals surface area contributed by atoms with Crippen LogP contribution in [0.15, 0.2) is 10.2 Å². The van der Waals surface area contributed by atoms with Gasteiger partial charge in [0.2, 0.25) is 0 Å². The van der Waals surface area contributed by atoms with Crippen molar-refractivity contribution in [3.63, 3.8) is 0 Å². The number of rotatable bonds is 0. The molecule has 1 heterocycles. The maximum absolute atomic E-state index is 9.73. The Kier molecular flexibility index (Phi) is 0.506. The third-order valence-electron chi connectivity index (χ3n) is 0.358. The van der Waals surface area contributed by atoms with Gasteiger partial charge in [0, 0.05) is 0 Å². The summed E-state index contributed by atoms with van der Waals surface area (Å²) in [4.78, 5) is 9.93. The number of hydrogen-bond donors (Lipinski definition) is 0. The zero-order chi connectivity index (χ0) is 4.41. The minimum atomic E-state index is 0.194. The van der Waals surface area contributed by atoms with Gasteiger partial charge in [-0.3, -0.25) is 0 Å². The van der Waals surface area contributed by atoms with E-state index in [-0.39, 0.29) is 4.98 Å². The van der Waals surface area contributed by atoms with Gasteiger partial charge >= 0.3 is 4.98 Å². The molecule has 1 aliphatic rings. The first-order valence-electron chi connectivity index (χ1n) is 1.35. The van der Waals surface area contributed by atoms with Gasteiger partial charge in [0.25, 0.3) is 0 Å². The molecular weight excluding hydrogens is 82.0 g/mol. The van der Waals surface area contributed by atoms with Gasteiger partial charge in [-0.2, -0.15) is 0 Å². The van der Waals surface area contributed by atoms with E-state index in [0.29, 0.717) is 0 Å². The van der Waals surface area contributed by atoms with Crippen LogP contribution < -0.4 is 0 Å². The van der Waals surface area contributed by atoms with Crippen LogP contribution in [0.25, 0.3) is 0 Å². The average Bonchev–Trinajstić information content (AvgIpc) is 1.86. The summed E-state index contributed by atoms with van der Waals surface area (Å²) in [6.07, 6.45) is 3.42. The predicted molar refractivity (Wildman–Crippen MR) is 19.6 cm³/mol. The van der Waals surface area contributed by atoms with Crippen molar-refractivity contribution < 1.29 is 4.98 Å². The van der Waals surface area contributed by atoms with E-state index >= 15 is 0 Å². The van der Waals surface area contributed by atoms with E-state index in [0.717, 1.165) is 0 Å². The maximum atomic E-state index is 9.73. The van der Waals surface area contributed by atoms with Gasteiger partial charge in [-0.05, 0) is 0 Å². The highest BCUT2D eigenvalue weighted by molar-refractivity contribution is 6.16. The molecule has 0 amide bonds. The van der Waals surface area contributed by atoms with E-state index in [1.54, 1.807) is 0 Å². The van der Waals surface area contributed by atoms with Crippen LogP contribution >= 0.6 is 0 Å². The Morgan fingerprint density at radius 1 is 1.83 bits per heavy atom. The largest absolute Gasteiger partial charge is 0.311 e. The molecule has 0 aromatic heterocycles. The van der Waals surface area contributed by atoms with Crippen molar-refractivity contribution >= 4 is 12.4 Å². The van der Waals surface area contributed by atoms with E-state index in [9.17, 15) is 4.91 Å². The van der Waals surface area contributed by atoms with Crippen molar-refractivity contribution in [1.29, 1.82) is 0 Å². The molecule has 1 rings (SSSR count). The Morgan fingerprint density at radius 3 is 2.83 bits per heavy atom. The molecule has 0 spiro atoms. The fourth-order valence-corrected chi connectivity index (χ4v) is 0.176. The second-order valence-corrected chi connectivity index (χ2v) is 0.726. The van der Waals surface area contributed by atoms with Crippen LogP contribution in [0.5, 0.6) is 0 Å². The SMILES string of the molecule is O=[N+]1N=[C]C=N1. The lowest BCUT2D eigenvalue weighted by Gasteiger charge is -1.47. The summed E-state index contributed by atoms with van der Waals surface area (Å²) in [5.74, 6) is 0. The molecule has 0 fully saturated rings. The van der Waals surface area contributed by atoms with Gasteiger partial charge in [0.1, 0.15) is 6.21 Å². The first-order chi connectivity index (χ1) is 2.89. The molecule has 0 aromatic carbocycles. The van der Waals surface area contributed by atoms with Gasteiger partial charge in [-0.25, -0.2) is 0 Å². The molecule has 0 aromatic rings. The van der Waals surface area contributed by atoms with Crippen molar-refractivity contribution in [3.8, 4) is 0 Å². The molecule has 0 unspecified atom stereocenters. The lowest BCUT2D eigenvalue weighted by Crippen LogP contribution is -1.76. The van der Waals surface area contributed by atoms with Gasteiger partial charge in [0.15, 0.2) is 6.21 Å². The molecule has 4 heteroatoms. The number of nitroso groups, excluding NO2 is 1. The third kappa shape index (κ3) is 0.314. The standard InChI is InChI=1S/C2HN3O/c6-5-3-1-2-4-5/h1H/q+1. The van der Waals surface area contributed by atoms with Crippen LogP contribution in [0.1, 0.15) is 0 Å². The van der Waals surface area contributed by atoms with E-state index < -0.39 is 0 Å². The first kappa shape index (κ1) is 3.14. The van der Waals surface area contributed by atoms with Crippen molar-refractivity contribution in [2.45, 2.75) is 0 Å². The summed E-state index contributed by atoms with van der Waals surface area (Å²) in [5, 5.41) is 6.15. The Morgan fingerprint density at radius 2 is 2.67 bits per heavy atom. The Bertz CT molecular complexity index is 111. The molecule has 6 heavy (non-hydrogen) atoms. The molecule has 0 atom stereocenters. The molecule has 0 saturated heterocycles. The minimum absolute atomic E-state index is 0.194. The average molecular weight is 83.0 g/mol. The molecular formula is C2HN3O+. The maximum Gasteiger partial charge on any atom is 0.311 e. The molecule has 1 radical (unpaired) electrons. The molecule has 0 saturated carbocycles. The van der Waals surface area contributed by atoms with E-state index in [1.807, 2.05) is 0 Å². The van der Waals surface area contributed by atoms with Crippen LogP contribution in [0, 0.1) is 4.91 Å². The van der Waals surface area contributed by atoms with Gasteiger partial charge < -0.3 is 0 Å². The fraction of sp³-hybridized carbons (Fsp3) is 0. The second-order valence-electron chi connectivity index (χ2n) is 0.726. The molecule has 0 aliphatic carbocycles. The van der Waals surface area contributed by atoms with Crippen LogP contribution in [0.4, 0.5) is 0 Å². The highest BCUT2D eigenvalue weighted by atomic mass is 16.3. The Balaban J connectivity index is 2.86. The van der Waals surface area contributed by atoms with E-state index in [1.165, 1.54) is 6.21 Å². The van der Waals surface area contributed by atoms with Crippen molar-refractivity contribution in [1.82, 2.24) is 0 Å². The summed E-state index contributed by atoms with van der Waals surface area (Å²) in [7, 11) is 0. The highest BCUT2D eigenvalue weighted by Crippen LogP contribution is 1.77. The van der Waals surface area contributed by atoms with Crippen molar-refractivity contribution in [2.75, 3.05) is 0 Å². The summed E-state index contributed by atoms with van der Waals surface area (Å²) in [6, 6.07) is 0. The van der Waals surface area contributed by atoms with Crippen LogP contribution in [0.3, 0.4) is 0 Å². The number of nitrogens with zero attached hydrogens (tertiary/aromatic N) is 3. The van der Waals surface area contributed by atoms with Crippen molar-refractivity contribution in [3.05, 3.63) is 4.91 Å². The van der Waals surface area contributed by atoms with E-state index in [4.69, 9.17) is 0 Å². The summed E-state index contributed by atoms with van der Waals surface area (Å²) < 4.78 is 0. The summed E-state index contributed by atoms with van der Waals surface area (Å²) >= 11 is 0. The topological polar surface area (TPSA) is 44.8 Å². The van der Waals surface area contributed by atoms with Crippen LogP contribution in [-0.4, -0.2) is 17.4 Å². The lowest BCUT2D eigenvalue weighted by atomic mass is 10.9. The smallest absolute Gasteiger partial charge is 0.0796 e. The Labute approximate surface area is 33.7 Å². The quantitative estimate of drug-likeness (QED) is 0.368. The summed E-state index contributed by atoms with van der Waals surface area (Å²) in [5.41, 5.74) is 0. The minimum Gasteiger partial charge on any atom is 0.0796 e. The molecule has 0 bridgehead atoms. The second kappa shape index (κ2) is 0.965. The molecule has 0 N–H and O–H groups in total. The molecule has 4 nitrogen and oxygen atoms in total. The zero-order valence-electron chi connectivity index (χ0n) is 2.83. The van der Waals surface area contributed by atoms with Gasteiger partial charge in [0.05, 0.1) is 15.1 Å². The van der Waals surface area contributed by atoms with Gasteiger partial charge in [-0.15, -0.1) is 0 Å². The number of hydrogen-bond acceptors (Lipinski definition) is 1. The first-order valence-corrected chi connectivity index (χ1v) is 1.35. The Hall–Kier alpha value is -1.06. The van der Waals surface area contributed by atoms with Crippen molar-refractivity contribution in [2.24, 2.45) is 10.2 Å². The molecule has 1 aliphatic heterocycles. The number of hydrazone groups is 2. The fourth-order valence-electron chi connectivity index (χ4n) is 0.176. The van der Waals surface area contributed by atoms with E-state index in [2.05, 4.69) is 16.4 Å². The lowest BCUT2D eigenvalue weighted by molar-refractivity contribution is -0.555. The third-order valence-corrected chi connectivity index (χ3v) is 0.358. The monoisotopic (exact) mass is 83.0 g/mol. The zero-order valence-corrected chi connectivity index (χ0v) is 2.83. The van der Waals surface area contributed by atoms with Gasteiger partial charge in [-0.1, -0.05) is 0 Å². The normalized spacial score (nSPS) is 17.0. The van der Waals surface area contributed by atoms with Crippen LogP contribution in [0.2, 0.25) is 0 Å². The highest BCUT2D eigenvalue weighted by Gasteiger charge is 2.03.